The second kappa shape index (κ2) is 10.5. The van der Waals surface area contributed by atoms with Gasteiger partial charge in [-0.2, -0.15) is 0 Å². The molecule has 32 heavy (non-hydrogen) atoms. The van der Waals surface area contributed by atoms with Crippen molar-refractivity contribution in [1.29, 1.82) is 0 Å². The first-order valence-electron chi connectivity index (χ1n) is 11.9. The molecule has 1 aromatic carbocycles. The van der Waals surface area contributed by atoms with Crippen molar-refractivity contribution >= 4 is 17.9 Å². The van der Waals surface area contributed by atoms with E-state index in [0.717, 1.165) is 62.2 Å². The van der Waals surface area contributed by atoms with Crippen LogP contribution >= 0.6 is 0 Å². The molecule has 3 aliphatic rings. The Bertz CT molecular complexity index is 836. The summed E-state index contributed by atoms with van der Waals surface area (Å²) in [5, 5.41) is 0. The van der Waals surface area contributed by atoms with E-state index in [-0.39, 0.29) is 11.8 Å². The maximum Gasteiger partial charge on any atom is 0.246 e. The van der Waals surface area contributed by atoms with Crippen LogP contribution in [0.15, 0.2) is 24.3 Å². The minimum atomic E-state index is 0.0246. The molecular weight excluding hydrogens is 404 g/mol. The average Bonchev–Trinajstić information content (AvgIpc) is 2.77. The fourth-order valence-electron chi connectivity index (χ4n) is 4.78. The van der Waals surface area contributed by atoms with Gasteiger partial charge >= 0.3 is 0 Å². The molecule has 1 aliphatic carbocycles. The largest absolute Gasteiger partial charge is 0.496 e. The molecule has 4 rings (SSSR count). The van der Waals surface area contributed by atoms with Crippen LogP contribution in [0.4, 0.5) is 0 Å². The first-order valence-corrected chi connectivity index (χ1v) is 11.9. The summed E-state index contributed by atoms with van der Waals surface area (Å²) in [6.07, 6.45) is 7.50. The standard InChI is InChI=1S/C25H36N4O3/c1-20-18-21(6-8-23(20)32-2)7-9-24(30)28-12-10-26(11-13-28)19-25(31)29-16-14-27(15-17-29)22-4-3-5-22/h6-9,18,22H,3-5,10-17,19H2,1-2H3/b9-7+. The predicted octanol–water partition coefficient (Wildman–Crippen LogP) is 1.86. The average molecular weight is 441 g/mol. The lowest BCUT2D eigenvalue weighted by molar-refractivity contribution is -0.135. The van der Waals surface area contributed by atoms with Crippen molar-refractivity contribution in [2.24, 2.45) is 0 Å². The van der Waals surface area contributed by atoms with Crippen molar-refractivity contribution in [2.75, 3.05) is 66.0 Å². The number of rotatable bonds is 6. The van der Waals surface area contributed by atoms with E-state index in [1.54, 1.807) is 13.2 Å². The molecule has 0 unspecified atom stereocenters. The van der Waals surface area contributed by atoms with Gasteiger partial charge in [0.05, 0.1) is 13.7 Å². The lowest BCUT2D eigenvalue weighted by Crippen LogP contribution is -2.56. The zero-order chi connectivity index (χ0) is 22.5. The van der Waals surface area contributed by atoms with Gasteiger partial charge in [0.2, 0.25) is 11.8 Å². The molecule has 0 radical (unpaired) electrons. The van der Waals surface area contributed by atoms with E-state index in [0.29, 0.717) is 19.6 Å². The second-order valence-electron chi connectivity index (χ2n) is 9.17. The Hall–Kier alpha value is -2.38. The van der Waals surface area contributed by atoms with E-state index in [1.807, 2.05) is 41.0 Å². The zero-order valence-electron chi connectivity index (χ0n) is 19.5. The summed E-state index contributed by atoms with van der Waals surface area (Å²) in [6.45, 7) is 8.99. The molecule has 0 aromatic heterocycles. The van der Waals surface area contributed by atoms with E-state index in [1.165, 1.54) is 19.3 Å². The maximum atomic E-state index is 12.7. The lowest BCUT2D eigenvalue weighted by Gasteiger charge is -2.43. The second-order valence-corrected chi connectivity index (χ2v) is 9.17. The molecule has 0 bridgehead atoms. The van der Waals surface area contributed by atoms with Crippen molar-refractivity contribution in [2.45, 2.75) is 32.2 Å². The fourth-order valence-corrected chi connectivity index (χ4v) is 4.78. The van der Waals surface area contributed by atoms with Crippen LogP contribution in [-0.2, 0) is 9.59 Å². The summed E-state index contributed by atoms with van der Waals surface area (Å²) in [4.78, 5) is 33.9. The third-order valence-electron chi connectivity index (χ3n) is 7.14. The van der Waals surface area contributed by atoms with Gasteiger partial charge in [0.1, 0.15) is 5.75 Å². The highest BCUT2D eigenvalue weighted by atomic mass is 16.5. The first-order chi connectivity index (χ1) is 15.5. The summed E-state index contributed by atoms with van der Waals surface area (Å²) in [6, 6.07) is 6.65. The predicted molar refractivity (Wildman–Crippen MR) is 126 cm³/mol. The third kappa shape index (κ3) is 5.51. The number of carbonyl (C=O) groups excluding carboxylic acids is 2. The van der Waals surface area contributed by atoms with Gasteiger partial charge in [0.25, 0.3) is 0 Å². The van der Waals surface area contributed by atoms with E-state index >= 15 is 0 Å². The monoisotopic (exact) mass is 440 g/mol. The molecule has 2 saturated heterocycles. The molecule has 1 aromatic rings. The van der Waals surface area contributed by atoms with E-state index < -0.39 is 0 Å². The molecule has 1 saturated carbocycles. The first kappa shape index (κ1) is 22.8. The highest BCUT2D eigenvalue weighted by molar-refractivity contribution is 5.92. The molecule has 3 fully saturated rings. The van der Waals surface area contributed by atoms with Crippen LogP contribution in [-0.4, -0.2) is 103 Å². The van der Waals surface area contributed by atoms with Crippen LogP contribution in [0.1, 0.15) is 30.4 Å². The molecule has 2 heterocycles. The van der Waals surface area contributed by atoms with Gasteiger partial charge in [-0.1, -0.05) is 12.5 Å². The highest BCUT2D eigenvalue weighted by Crippen LogP contribution is 2.25. The topological polar surface area (TPSA) is 56.3 Å². The molecular formula is C25H36N4O3. The lowest BCUT2D eigenvalue weighted by atomic mass is 9.91. The van der Waals surface area contributed by atoms with Gasteiger partial charge in [0, 0.05) is 64.5 Å². The third-order valence-corrected chi connectivity index (χ3v) is 7.14. The number of carbonyl (C=O) groups is 2. The van der Waals surface area contributed by atoms with Crippen molar-refractivity contribution in [3.63, 3.8) is 0 Å². The highest BCUT2D eigenvalue weighted by Gasteiger charge is 2.30. The van der Waals surface area contributed by atoms with Crippen molar-refractivity contribution in [3.8, 4) is 5.75 Å². The molecule has 7 nitrogen and oxygen atoms in total. The van der Waals surface area contributed by atoms with Crippen LogP contribution in [0.3, 0.4) is 0 Å². The number of piperazine rings is 2. The number of nitrogens with zero attached hydrogens (tertiary/aromatic N) is 4. The molecule has 7 heteroatoms. The summed E-state index contributed by atoms with van der Waals surface area (Å²) < 4.78 is 5.28. The van der Waals surface area contributed by atoms with E-state index in [4.69, 9.17) is 4.74 Å². The Morgan fingerprint density at radius 1 is 1.00 bits per heavy atom. The number of benzene rings is 1. The molecule has 0 atom stereocenters. The van der Waals surface area contributed by atoms with Crippen LogP contribution in [0.25, 0.3) is 6.08 Å². The quantitative estimate of drug-likeness (QED) is 0.632. The molecule has 0 N–H and O–H groups in total. The fraction of sp³-hybridized carbons (Fsp3) is 0.600. The Balaban J connectivity index is 1.18. The van der Waals surface area contributed by atoms with E-state index in [2.05, 4.69) is 9.80 Å². The SMILES string of the molecule is COc1ccc(/C=C/C(=O)N2CCN(CC(=O)N3CCN(C4CCC4)CC3)CC2)cc1C. The minimum Gasteiger partial charge on any atom is -0.496 e. The van der Waals surface area contributed by atoms with E-state index in [9.17, 15) is 9.59 Å². The normalized spacial score (nSPS) is 21.1. The van der Waals surface area contributed by atoms with Gasteiger partial charge in [-0.3, -0.25) is 19.4 Å². The minimum absolute atomic E-state index is 0.0246. The number of hydrogen-bond donors (Lipinski definition) is 0. The Morgan fingerprint density at radius 2 is 1.69 bits per heavy atom. The van der Waals surface area contributed by atoms with Crippen LogP contribution in [0.2, 0.25) is 0 Å². The number of methoxy groups -OCH3 is 1. The van der Waals surface area contributed by atoms with Gasteiger partial charge < -0.3 is 14.5 Å². The molecule has 174 valence electrons. The molecule has 2 aliphatic heterocycles. The smallest absolute Gasteiger partial charge is 0.246 e. The maximum absolute atomic E-state index is 12.7. The summed E-state index contributed by atoms with van der Waals surface area (Å²) in [7, 11) is 1.66. The van der Waals surface area contributed by atoms with Gasteiger partial charge in [-0.05, 0) is 49.1 Å². The Labute approximate surface area is 191 Å². The van der Waals surface area contributed by atoms with Crippen LogP contribution < -0.4 is 4.74 Å². The number of aryl methyl sites for hydroxylation is 1. The Morgan fingerprint density at radius 3 is 2.28 bits per heavy atom. The van der Waals surface area contributed by atoms with Crippen LogP contribution in [0.5, 0.6) is 5.75 Å². The summed E-state index contributed by atoms with van der Waals surface area (Å²) >= 11 is 0. The van der Waals surface area contributed by atoms with Gasteiger partial charge in [0.15, 0.2) is 0 Å². The zero-order valence-corrected chi connectivity index (χ0v) is 19.5. The van der Waals surface area contributed by atoms with Crippen LogP contribution in [0, 0.1) is 6.92 Å². The molecule has 0 spiro atoms. The summed E-state index contributed by atoms with van der Waals surface area (Å²) in [5.74, 6) is 1.10. The van der Waals surface area contributed by atoms with Crippen molar-refractivity contribution in [3.05, 3.63) is 35.4 Å². The number of ether oxygens (including phenoxy) is 1. The molecule has 2 amide bonds. The van der Waals surface area contributed by atoms with Crippen molar-refractivity contribution < 1.29 is 14.3 Å². The number of amides is 2. The van der Waals surface area contributed by atoms with Gasteiger partial charge in [-0.15, -0.1) is 0 Å². The summed E-state index contributed by atoms with van der Waals surface area (Å²) in [5.41, 5.74) is 2.03. The van der Waals surface area contributed by atoms with Crippen molar-refractivity contribution in [1.82, 2.24) is 19.6 Å². The Kier molecular flexibility index (Phi) is 7.48. The van der Waals surface area contributed by atoms with Gasteiger partial charge in [-0.25, -0.2) is 0 Å². The number of hydrogen-bond acceptors (Lipinski definition) is 5.